The van der Waals surface area contributed by atoms with Crippen LogP contribution >= 0.6 is 0 Å². The minimum Gasteiger partial charge on any atom is -0.310 e. The molecule has 0 heterocycles. The molecule has 6 aromatic carbocycles. The first-order chi connectivity index (χ1) is 27.9. The number of rotatable bonds is 4. The molecule has 2 spiro atoms. The van der Waals surface area contributed by atoms with Crippen molar-refractivity contribution in [2.75, 3.05) is 4.90 Å². The summed E-state index contributed by atoms with van der Waals surface area (Å²) in [6, 6.07) is 50.2. The Morgan fingerprint density at radius 2 is 1.16 bits per heavy atom. The first-order valence-corrected chi connectivity index (χ1v) is 22.5. The van der Waals surface area contributed by atoms with Gasteiger partial charge in [-0.1, -0.05) is 133 Å². The molecule has 0 N–H and O–H groups in total. The summed E-state index contributed by atoms with van der Waals surface area (Å²) in [4.78, 5) is 2.67. The van der Waals surface area contributed by atoms with E-state index >= 15 is 0 Å². The molecule has 0 saturated heterocycles. The molecule has 1 heteroatoms. The predicted octanol–water partition coefficient (Wildman–Crippen LogP) is 14.8. The van der Waals surface area contributed by atoms with Crippen molar-refractivity contribution in [1.82, 2.24) is 0 Å². The zero-order chi connectivity index (χ0) is 39.1. The molecule has 7 aliphatic carbocycles. The molecule has 0 aliphatic heterocycles. The molecule has 2 bridgehead atoms. The van der Waals surface area contributed by atoms with E-state index in [0.717, 1.165) is 23.7 Å². The van der Waals surface area contributed by atoms with Gasteiger partial charge in [-0.15, -0.1) is 0 Å². The van der Waals surface area contributed by atoms with Gasteiger partial charge in [-0.3, -0.25) is 0 Å². The highest BCUT2D eigenvalue weighted by molar-refractivity contribution is 5.92. The first kappa shape index (κ1) is 34.0. The third kappa shape index (κ3) is 3.91. The van der Waals surface area contributed by atoms with E-state index in [4.69, 9.17) is 0 Å². The van der Waals surface area contributed by atoms with Gasteiger partial charge in [0.15, 0.2) is 0 Å². The Morgan fingerprint density at radius 1 is 0.483 bits per heavy atom. The molecule has 58 heavy (non-hydrogen) atoms. The van der Waals surface area contributed by atoms with Gasteiger partial charge in [-0.2, -0.15) is 0 Å². The van der Waals surface area contributed by atoms with Gasteiger partial charge >= 0.3 is 0 Å². The maximum Gasteiger partial charge on any atom is 0.0502 e. The van der Waals surface area contributed by atoms with Gasteiger partial charge in [0.2, 0.25) is 0 Å². The third-order valence-corrected chi connectivity index (χ3v) is 18.0. The van der Waals surface area contributed by atoms with Gasteiger partial charge in [0, 0.05) is 22.2 Å². The van der Waals surface area contributed by atoms with Gasteiger partial charge in [0.05, 0.1) is 5.69 Å². The average molecular weight is 754 g/mol. The van der Waals surface area contributed by atoms with Crippen LogP contribution in [0.15, 0.2) is 127 Å². The van der Waals surface area contributed by atoms with Crippen LogP contribution in [0.5, 0.6) is 0 Å². The number of hydrogen-bond acceptors (Lipinski definition) is 1. The van der Waals surface area contributed by atoms with E-state index in [2.05, 4.69) is 174 Å². The summed E-state index contributed by atoms with van der Waals surface area (Å²) in [6.45, 7) is 14.8. The van der Waals surface area contributed by atoms with Crippen LogP contribution in [0, 0.1) is 29.1 Å². The van der Waals surface area contributed by atoms with Crippen molar-refractivity contribution in [3.05, 3.63) is 161 Å². The van der Waals surface area contributed by atoms with Gasteiger partial charge < -0.3 is 4.90 Å². The highest BCUT2D eigenvalue weighted by atomic mass is 15.1. The molecule has 7 aliphatic rings. The van der Waals surface area contributed by atoms with Crippen molar-refractivity contribution in [2.45, 2.75) is 102 Å². The van der Waals surface area contributed by atoms with E-state index in [0.29, 0.717) is 5.41 Å². The van der Waals surface area contributed by atoms with Crippen LogP contribution in [0.1, 0.15) is 113 Å². The Morgan fingerprint density at radius 3 is 1.98 bits per heavy atom. The van der Waals surface area contributed by atoms with Crippen LogP contribution in [0.3, 0.4) is 0 Å². The quantitative estimate of drug-likeness (QED) is 0.173. The van der Waals surface area contributed by atoms with Crippen molar-refractivity contribution < 1.29 is 0 Å². The molecule has 4 fully saturated rings. The largest absolute Gasteiger partial charge is 0.310 e. The summed E-state index contributed by atoms with van der Waals surface area (Å²) in [5.41, 5.74) is 22.3. The number of nitrogens with zero attached hydrogens (tertiary/aromatic N) is 1. The number of benzene rings is 6. The smallest absolute Gasteiger partial charge is 0.0502 e. The predicted molar refractivity (Wildman–Crippen MR) is 240 cm³/mol. The molecule has 13 rings (SSSR count). The number of fused-ring (bicyclic) bond motifs is 12. The lowest BCUT2D eigenvalue weighted by atomic mass is 9.27. The van der Waals surface area contributed by atoms with Crippen LogP contribution in [0.25, 0.3) is 33.4 Å². The standard InChI is InChI=1S/C57H55N/c1-53(2)25-26-54(3,4)52-47(53)17-12-18-49(52)58(39-20-22-41-40-15-10-11-16-44(40)55(5,6)48(41)32-39)38-21-24-46-43(31-38)42-29-36(35-13-8-7-9-14-35)19-23-45(42)57(46)50-28-34-27-37-30-51(57)56(37,50)33-34/h7-24,29,31-32,34,37,50-51H,25-28,30,33H2,1-6H3. The fraction of sp³-hybridized carbons (Fsp3) is 0.368. The topological polar surface area (TPSA) is 3.24 Å². The molecule has 1 nitrogen and oxygen atoms in total. The first-order valence-electron chi connectivity index (χ1n) is 22.5. The normalized spacial score (nSPS) is 29.7. The van der Waals surface area contributed by atoms with Crippen molar-refractivity contribution in [1.29, 1.82) is 0 Å². The minimum atomic E-state index is -0.0798. The SMILES string of the molecule is CC1(C)CCC(C)(C)c2c(N(c3ccc4c(c3)-c3cc(-c5ccccc5)ccc3C43C4CC5CC6CC3C64C5)c3ccc4c(c3)C(C)(C)c3ccccc3-4)cccc21. The molecule has 6 unspecified atom stereocenters. The lowest BCUT2D eigenvalue weighted by Crippen LogP contribution is -2.73. The highest BCUT2D eigenvalue weighted by Gasteiger charge is 2.84. The van der Waals surface area contributed by atoms with E-state index < -0.39 is 0 Å². The molecule has 0 aromatic heterocycles. The summed E-state index contributed by atoms with van der Waals surface area (Å²) in [7, 11) is 0. The summed E-state index contributed by atoms with van der Waals surface area (Å²) < 4.78 is 0. The van der Waals surface area contributed by atoms with Crippen LogP contribution < -0.4 is 4.90 Å². The van der Waals surface area contributed by atoms with Crippen LogP contribution in [-0.4, -0.2) is 0 Å². The van der Waals surface area contributed by atoms with E-state index in [9.17, 15) is 0 Å². The molecule has 6 atom stereocenters. The molecule has 4 saturated carbocycles. The molecule has 0 radical (unpaired) electrons. The Bertz CT molecular complexity index is 2760. The van der Waals surface area contributed by atoms with E-state index in [1.165, 1.54) is 111 Å². The number of anilines is 3. The van der Waals surface area contributed by atoms with Crippen molar-refractivity contribution >= 4 is 17.1 Å². The fourth-order valence-corrected chi connectivity index (χ4v) is 15.5. The summed E-state index contributed by atoms with van der Waals surface area (Å²) >= 11 is 0. The van der Waals surface area contributed by atoms with Crippen molar-refractivity contribution in [3.63, 3.8) is 0 Å². The summed E-state index contributed by atoms with van der Waals surface area (Å²) in [5.74, 6) is 3.50. The van der Waals surface area contributed by atoms with Gasteiger partial charge in [0.1, 0.15) is 0 Å². The molecular weight excluding hydrogens is 699 g/mol. The lowest BCUT2D eigenvalue weighted by Gasteiger charge is -2.76. The maximum atomic E-state index is 2.67. The van der Waals surface area contributed by atoms with Crippen LogP contribution in [0.2, 0.25) is 0 Å². The van der Waals surface area contributed by atoms with Crippen molar-refractivity contribution in [3.8, 4) is 33.4 Å². The number of hydrogen-bond donors (Lipinski definition) is 0. The van der Waals surface area contributed by atoms with E-state index in [-0.39, 0.29) is 21.7 Å². The van der Waals surface area contributed by atoms with Gasteiger partial charge in [-0.05, 0) is 182 Å². The highest BCUT2D eigenvalue weighted by Crippen LogP contribution is 2.89. The zero-order valence-corrected chi connectivity index (χ0v) is 35.1. The second-order valence-corrected chi connectivity index (χ2v) is 21.6. The second-order valence-electron chi connectivity index (χ2n) is 21.6. The molecule has 0 amide bonds. The minimum absolute atomic E-state index is 0.0483. The van der Waals surface area contributed by atoms with E-state index in [1.54, 1.807) is 11.1 Å². The molecular formula is C57H55N. The lowest BCUT2D eigenvalue weighted by molar-refractivity contribution is -0.231. The Hall–Kier alpha value is -4.88. The monoisotopic (exact) mass is 753 g/mol. The Kier molecular flexibility index (Phi) is 6.36. The third-order valence-electron chi connectivity index (χ3n) is 18.0. The van der Waals surface area contributed by atoms with E-state index in [1.807, 2.05) is 0 Å². The average Bonchev–Trinajstić information content (AvgIpc) is 3.92. The zero-order valence-electron chi connectivity index (χ0n) is 35.1. The Labute approximate surface area is 345 Å². The summed E-state index contributed by atoms with van der Waals surface area (Å²) in [6.07, 6.45) is 8.23. The maximum absolute atomic E-state index is 2.67. The molecule has 288 valence electrons. The van der Waals surface area contributed by atoms with Gasteiger partial charge in [-0.25, -0.2) is 0 Å². The van der Waals surface area contributed by atoms with Crippen molar-refractivity contribution in [2.24, 2.45) is 29.1 Å². The van der Waals surface area contributed by atoms with Crippen LogP contribution in [-0.2, 0) is 21.7 Å². The fourth-order valence-electron chi connectivity index (χ4n) is 15.5. The molecule has 6 aromatic rings. The summed E-state index contributed by atoms with van der Waals surface area (Å²) in [5, 5.41) is 0. The van der Waals surface area contributed by atoms with Gasteiger partial charge in [0.25, 0.3) is 0 Å². The Balaban J connectivity index is 1.05. The van der Waals surface area contributed by atoms with Crippen LogP contribution in [0.4, 0.5) is 17.1 Å². The second kappa shape index (κ2) is 10.8.